The van der Waals surface area contributed by atoms with Gasteiger partial charge in [-0.3, -0.25) is 10.1 Å². The maximum atomic E-state index is 12.5. The van der Waals surface area contributed by atoms with Crippen LogP contribution in [0.15, 0.2) is 47.4 Å². The van der Waals surface area contributed by atoms with Gasteiger partial charge < -0.3 is 10.1 Å². The van der Waals surface area contributed by atoms with Crippen molar-refractivity contribution in [3.05, 3.63) is 57.9 Å². The summed E-state index contributed by atoms with van der Waals surface area (Å²) in [6, 6.07) is 13.7. The summed E-state index contributed by atoms with van der Waals surface area (Å²) in [7, 11) is 1.60. The van der Waals surface area contributed by atoms with E-state index in [9.17, 15) is 4.79 Å². The van der Waals surface area contributed by atoms with Crippen LogP contribution in [0, 0.1) is 0 Å². The van der Waals surface area contributed by atoms with Gasteiger partial charge in [-0.1, -0.05) is 23.7 Å². The Morgan fingerprint density at radius 1 is 1.26 bits per heavy atom. The molecule has 0 radical (unpaired) electrons. The van der Waals surface area contributed by atoms with Gasteiger partial charge in [-0.15, -0.1) is 23.1 Å². The molecule has 8 heteroatoms. The fourth-order valence-electron chi connectivity index (χ4n) is 2.45. The molecule has 0 spiro atoms. The number of fused-ring (bicyclic) bond motifs is 1. The lowest BCUT2D eigenvalue weighted by atomic mass is 10.2. The summed E-state index contributed by atoms with van der Waals surface area (Å²) in [4.78, 5) is 14.2. The van der Waals surface area contributed by atoms with Gasteiger partial charge in [0.2, 0.25) is 0 Å². The second-order valence-corrected chi connectivity index (χ2v) is 8.31. The predicted octanol–water partition coefficient (Wildman–Crippen LogP) is 5.09. The lowest BCUT2D eigenvalue weighted by molar-refractivity contribution is 0.0981. The molecule has 0 unspecified atom stereocenters. The fraction of sp³-hybridized carbons (Fsp3) is 0.158. The summed E-state index contributed by atoms with van der Waals surface area (Å²) in [5.41, 5.74) is 1.08. The molecule has 3 aromatic rings. The standard InChI is InChI=1S/C19H17ClN2O2S3/c1-24-12-5-8-14-15(9-12)27-17(16(14)20)18(23)22-19(25)21-10-11-3-6-13(26-2)7-4-11/h3-9H,10H2,1-2H3,(H2,21,22,23,25). The van der Waals surface area contributed by atoms with Crippen molar-refractivity contribution in [2.75, 3.05) is 13.4 Å². The first-order valence-electron chi connectivity index (χ1n) is 8.00. The van der Waals surface area contributed by atoms with Crippen LogP contribution in [0.4, 0.5) is 0 Å². The molecule has 140 valence electrons. The number of amides is 1. The number of carbonyl (C=O) groups is 1. The number of ether oxygens (including phenoxy) is 1. The normalized spacial score (nSPS) is 10.6. The molecule has 27 heavy (non-hydrogen) atoms. The monoisotopic (exact) mass is 436 g/mol. The molecule has 4 nitrogen and oxygen atoms in total. The maximum absolute atomic E-state index is 12.5. The number of methoxy groups -OCH3 is 1. The largest absolute Gasteiger partial charge is 0.497 e. The molecular formula is C19H17ClN2O2S3. The summed E-state index contributed by atoms with van der Waals surface area (Å²) in [6.45, 7) is 0.533. The fourth-order valence-corrected chi connectivity index (χ4v) is 4.46. The van der Waals surface area contributed by atoms with E-state index in [0.29, 0.717) is 16.4 Å². The third kappa shape index (κ3) is 4.73. The zero-order chi connectivity index (χ0) is 19.4. The third-order valence-electron chi connectivity index (χ3n) is 3.88. The van der Waals surface area contributed by atoms with Crippen molar-refractivity contribution >= 4 is 68.0 Å². The average Bonchev–Trinajstić information content (AvgIpc) is 3.02. The quantitative estimate of drug-likeness (QED) is 0.431. The van der Waals surface area contributed by atoms with E-state index in [1.54, 1.807) is 18.9 Å². The topological polar surface area (TPSA) is 50.4 Å². The number of carbonyl (C=O) groups excluding carboxylic acids is 1. The van der Waals surface area contributed by atoms with E-state index < -0.39 is 0 Å². The highest BCUT2D eigenvalue weighted by atomic mass is 35.5. The Balaban J connectivity index is 1.64. The lowest BCUT2D eigenvalue weighted by Gasteiger charge is -2.09. The second-order valence-electron chi connectivity index (χ2n) is 5.59. The van der Waals surface area contributed by atoms with Crippen LogP contribution in [-0.4, -0.2) is 24.4 Å². The number of rotatable bonds is 5. The number of thiocarbonyl (C=S) groups is 1. The van der Waals surface area contributed by atoms with E-state index in [4.69, 9.17) is 28.6 Å². The lowest BCUT2D eigenvalue weighted by Crippen LogP contribution is -2.38. The van der Waals surface area contributed by atoms with E-state index in [-0.39, 0.29) is 11.0 Å². The van der Waals surface area contributed by atoms with Gasteiger partial charge in [0.25, 0.3) is 5.91 Å². The van der Waals surface area contributed by atoms with E-state index in [1.807, 2.05) is 36.6 Å². The molecule has 2 N–H and O–H groups in total. The van der Waals surface area contributed by atoms with E-state index in [2.05, 4.69) is 22.8 Å². The molecule has 3 rings (SSSR count). The van der Waals surface area contributed by atoms with Crippen molar-refractivity contribution in [1.82, 2.24) is 10.6 Å². The number of thioether (sulfide) groups is 1. The first-order valence-corrected chi connectivity index (χ1v) is 10.8. The Labute approximate surface area is 176 Å². The van der Waals surface area contributed by atoms with Gasteiger partial charge >= 0.3 is 0 Å². The molecule has 0 bridgehead atoms. The van der Waals surface area contributed by atoms with Crippen molar-refractivity contribution in [3.8, 4) is 5.75 Å². The third-order valence-corrected chi connectivity index (χ3v) is 6.53. The molecule has 0 atom stereocenters. The highest BCUT2D eigenvalue weighted by Gasteiger charge is 2.18. The van der Waals surface area contributed by atoms with Crippen molar-refractivity contribution < 1.29 is 9.53 Å². The first kappa shape index (κ1) is 19.9. The Hall–Kier alpha value is -1.80. The minimum atomic E-state index is -0.324. The van der Waals surface area contributed by atoms with Gasteiger partial charge in [0.05, 0.1) is 12.1 Å². The van der Waals surface area contributed by atoms with Gasteiger partial charge in [0.15, 0.2) is 5.11 Å². The van der Waals surface area contributed by atoms with Crippen LogP contribution < -0.4 is 15.4 Å². The SMILES string of the molecule is COc1ccc2c(Cl)c(C(=O)NC(=S)NCc3ccc(SC)cc3)sc2c1. The molecule has 1 amide bonds. The van der Waals surface area contributed by atoms with Gasteiger partial charge in [-0.25, -0.2) is 0 Å². The molecule has 0 aliphatic carbocycles. The molecule has 0 aliphatic heterocycles. The highest BCUT2D eigenvalue weighted by Crippen LogP contribution is 2.37. The molecule has 1 heterocycles. The van der Waals surface area contributed by atoms with Crippen LogP contribution in [0.2, 0.25) is 5.02 Å². The van der Waals surface area contributed by atoms with Gasteiger partial charge in [0.1, 0.15) is 10.6 Å². The smallest absolute Gasteiger partial charge is 0.269 e. The number of hydrogen-bond acceptors (Lipinski definition) is 5. The molecule has 1 aromatic heterocycles. The molecule has 2 aromatic carbocycles. The van der Waals surface area contributed by atoms with E-state index in [0.717, 1.165) is 21.4 Å². The Morgan fingerprint density at radius 2 is 2.00 bits per heavy atom. The van der Waals surface area contributed by atoms with Gasteiger partial charge in [-0.2, -0.15) is 0 Å². The Bertz CT molecular complexity index is 987. The average molecular weight is 437 g/mol. The zero-order valence-electron chi connectivity index (χ0n) is 14.7. The first-order chi connectivity index (χ1) is 13.0. The van der Waals surface area contributed by atoms with E-state index >= 15 is 0 Å². The van der Waals surface area contributed by atoms with Gasteiger partial charge in [0, 0.05) is 21.5 Å². The highest BCUT2D eigenvalue weighted by molar-refractivity contribution is 7.98. The van der Waals surface area contributed by atoms with Crippen LogP contribution in [0.1, 0.15) is 15.2 Å². The molecule has 0 aliphatic rings. The van der Waals surface area contributed by atoms with Crippen molar-refractivity contribution in [1.29, 1.82) is 0 Å². The van der Waals surface area contributed by atoms with Crippen LogP contribution in [0.3, 0.4) is 0 Å². The van der Waals surface area contributed by atoms with Gasteiger partial charge in [-0.05, 0) is 54.4 Å². The van der Waals surface area contributed by atoms with Crippen molar-refractivity contribution in [2.24, 2.45) is 0 Å². The summed E-state index contributed by atoms with van der Waals surface area (Å²) in [6.07, 6.45) is 2.03. The maximum Gasteiger partial charge on any atom is 0.269 e. The number of halogens is 1. The van der Waals surface area contributed by atoms with Crippen LogP contribution in [0.5, 0.6) is 5.75 Å². The summed E-state index contributed by atoms with van der Waals surface area (Å²) >= 11 is 14.6. The summed E-state index contributed by atoms with van der Waals surface area (Å²) in [5, 5.41) is 7.24. The predicted molar refractivity (Wildman–Crippen MR) is 119 cm³/mol. The number of thiophene rings is 1. The molecular weight excluding hydrogens is 420 g/mol. The molecule has 0 saturated heterocycles. The Kier molecular flexibility index (Phi) is 6.59. The van der Waals surface area contributed by atoms with Crippen molar-refractivity contribution in [3.63, 3.8) is 0 Å². The minimum absolute atomic E-state index is 0.264. The van der Waals surface area contributed by atoms with E-state index in [1.165, 1.54) is 16.2 Å². The molecule has 0 fully saturated rings. The van der Waals surface area contributed by atoms with Crippen LogP contribution in [-0.2, 0) is 6.54 Å². The Morgan fingerprint density at radius 3 is 2.67 bits per heavy atom. The van der Waals surface area contributed by atoms with Crippen LogP contribution in [0.25, 0.3) is 10.1 Å². The number of nitrogens with one attached hydrogen (secondary N) is 2. The summed E-state index contributed by atoms with van der Waals surface area (Å²) < 4.78 is 6.10. The summed E-state index contributed by atoms with van der Waals surface area (Å²) in [5.74, 6) is 0.396. The number of benzene rings is 2. The minimum Gasteiger partial charge on any atom is -0.497 e. The second kappa shape index (κ2) is 8.93. The molecule has 0 saturated carbocycles. The zero-order valence-corrected chi connectivity index (χ0v) is 17.9. The number of hydrogen-bond donors (Lipinski definition) is 2. The van der Waals surface area contributed by atoms with Crippen molar-refractivity contribution in [2.45, 2.75) is 11.4 Å². The van der Waals surface area contributed by atoms with Crippen LogP contribution >= 0.6 is 46.9 Å².